The summed E-state index contributed by atoms with van der Waals surface area (Å²) in [5, 5.41) is 9.40. The van der Waals surface area contributed by atoms with Gasteiger partial charge < -0.3 is 4.57 Å². The lowest BCUT2D eigenvalue weighted by atomic mass is 10.3. The van der Waals surface area contributed by atoms with E-state index in [1.54, 1.807) is 0 Å². The summed E-state index contributed by atoms with van der Waals surface area (Å²) >= 11 is 4.86. The van der Waals surface area contributed by atoms with Crippen LogP contribution >= 0.6 is 27.7 Å². The first-order valence-electron chi connectivity index (χ1n) is 4.34. The Kier molecular flexibility index (Phi) is 2.98. The van der Waals surface area contributed by atoms with E-state index in [0.717, 1.165) is 20.7 Å². The maximum atomic E-state index is 8.52. The zero-order valence-electron chi connectivity index (χ0n) is 8.07. The highest BCUT2D eigenvalue weighted by molar-refractivity contribution is 9.10. The van der Waals surface area contributed by atoms with Gasteiger partial charge in [-0.3, -0.25) is 0 Å². The summed E-state index contributed by atoms with van der Waals surface area (Å²) < 4.78 is 3.02. The molecule has 0 spiro atoms. The van der Waals surface area contributed by atoms with Crippen LogP contribution in [0.5, 0.6) is 0 Å². The Labute approximate surface area is 100 Å². The largest absolute Gasteiger partial charge is 0.322 e. The Morgan fingerprint density at radius 2 is 2.40 bits per heavy atom. The van der Waals surface area contributed by atoms with Gasteiger partial charge in [0.1, 0.15) is 0 Å². The second-order valence-electron chi connectivity index (χ2n) is 3.03. The summed E-state index contributed by atoms with van der Waals surface area (Å²) in [5.41, 5.74) is 2.03. The summed E-state index contributed by atoms with van der Waals surface area (Å²) in [5.74, 6) is 0.429. The van der Waals surface area contributed by atoms with Crippen molar-refractivity contribution < 1.29 is 0 Å². The number of imidazole rings is 1. The van der Waals surface area contributed by atoms with Crippen LogP contribution in [-0.4, -0.2) is 15.3 Å². The van der Waals surface area contributed by atoms with Gasteiger partial charge in [-0.15, -0.1) is 0 Å². The molecule has 2 aromatic rings. The molecule has 0 atom stereocenters. The molecule has 0 amide bonds. The highest BCUT2D eigenvalue weighted by Gasteiger charge is 2.07. The molecule has 1 aromatic carbocycles. The second-order valence-corrected chi connectivity index (χ2v) is 4.89. The molecule has 1 heterocycles. The van der Waals surface area contributed by atoms with Crippen molar-refractivity contribution >= 4 is 38.7 Å². The van der Waals surface area contributed by atoms with Crippen LogP contribution in [0.1, 0.15) is 0 Å². The normalized spacial score (nSPS) is 10.5. The van der Waals surface area contributed by atoms with Gasteiger partial charge in [0.2, 0.25) is 0 Å². The highest BCUT2D eigenvalue weighted by Crippen LogP contribution is 2.24. The molecule has 0 bridgehead atoms. The van der Waals surface area contributed by atoms with Crippen molar-refractivity contribution in [3.63, 3.8) is 0 Å². The van der Waals surface area contributed by atoms with Crippen LogP contribution in [0.4, 0.5) is 0 Å². The van der Waals surface area contributed by atoms with Gasteiger partial charge in [0, 0.05) is 11.5 Å². The molecule has 0 saturated heterocycles. The number of nitrogens with zero attached hydrogens (tertiary/aromatic N) is 3. The molecule has 3 nitrogen and oxygen atoms in total. The standard InChI is InChI=1S/C10H8BrN3S/c1-14-9-3-2-7(11)6-8(9)13-10(14)15-5-4-12/h2-3,6H,5H2,1H3. The van der Waals surface area contributed by atoms with Gasteiger partial charge in [-0.2, -0.15) is 5.26 Å². The van der Waals surface area contributed by atoms with Gasteiger partial charge in [0.15, 0.2) is 5.16 Å². The SMILES string of the molecule is Cn1c(SCC#N)nc2cc(Br)ccc21. The summed E-state index contributed by atoms with van der Waals surface area (Å²) in [6, 6.07) is 8.08. The third kappa shape index (κ3) is 2.01. The highest BCUT2D eigenvalue weighted by atomic mass is 79.9. The molecule has 0 N–H and O–H groups in total. The van der Waals surface area contributed by atoms with Gasteiger partial charge >= 0.3 is 0 Å². The van der Waals surface area contributed by atoms with E-state index < -0.39 is 0 Å². The number of nitriles is 1. The monoisotopic (exact) mass is 281 g/mol. The molecule has 0 saturated carbocycles. The first-order valence-corrected chi connectivity index (χ1v) is 6.12. The van der Waals surface area contributed by atoms with E-state index >= 15 is 0 Å². The van der Waals surface area contributed by atoms with E-state index in [2.05, 4.69) is 27.0 Å². The van der Waals surface area contributed by atoms with Crippen molar-refractivity contribution in [2.24, 2.45) is 7.05 Å². The van der Waals surface area contributed by atoms with E-state index in [0.29, 0.717) is 5.75 Å². The number of hydrogen-bond acceptors (Lipinski definition) is 3. The molecule has 2 rings (SSSR count). The zero-order valence-corrected chi connectivity index (χ0v) is 10.5. The van der Waals surface area contributed by atoms with Crippen LogP contribution in [0.25, 0.3) is 11.0 Å². The molecular formula is C10H8BrN3S. The van der Waals surface area contributed by atoms with Gasteiger partial charge in [0.05, 0.1) is 22.9 Å². The first kappa shape index (κ1) is 10.5. The molecule has 15 heavy (non-hydrogen) atoms. The maximum absolute atomic E-state index is 8.52. The van der Waals surface area contributed by atoms with Crippen LogP contribution in [0, 0.1) is 11.3 Å². The molecule has 0 fully saturated rings. The third-order valence-corrected chi connectivity index (χ3v) is 3.46. The smallest absolute Gasteiger partial charge is 0.169 e. The number of thioether (sulfide) groups is 1. The average Bonchev–Trinajstić information content (AvgIpc) is 2.52. The number of fused-ring (bicyclic) bond motifs is 1. The topological polar surface area (TPSA) is 41.6 Å². The van der Waals surface area contributed by atoms with Crippen LogP contribution < -0.4 is 0 Å². The Morgan fingerprint density at radius 1 is 1.60 bits per heavy atom. The number of aromatic nitrogens is 2. The van der Waals surface area contributed by atoms with Crippen molar-refractivity contribution in [3.05, 3.63) is 22.7 Å². The van der Waals surface area contributed by atoms with Gasteiger partial charge in [-0.05, 0) is 18.2 Å². The fraction of sp³-hybridized carbons (Fsp3) is 0.200. The summed E-state index contributed by atoms with van der Waals surface area (Å²) in [6.45, 7) is 0. The van der Waals surface area contributed by atoms with E-state index in [9.17, 15) is 0 Å². The molecular weight excluding hydrogens is 274 g/mol. The Bertz CT molecular complexity index is 541. The van der Waals surface area contributed by atoms with Crippen molar-refractivity contribution in [1.82, 2.24) is 9.55 Å². The predicted molar refractivity (Wildman–Crippen MR) is 64.8 cm³/mol. The fourth-order valence-electron chi connectivity index (χ4n) is 1.38. The second kappa shape index (κ2) is 4.25. The van der Waals surface area contributed by atoms with Crippen LogP contribution in [0.2, 0.25) is 0 Å². The predicted octanol–water partition coefficient (Wildman–Crippen LogP) is 2.95. The van der Waals surface area contributed by atoms with Crippen molar-refractivity contribution in [3.8, 4) is 6.07 Å². The average molecular weight is 282 g/mol. The lowest BCUT2D eigenvalue weighted by Gasteiger charge is -1.97. The lowest BCUT2D eigenvalue weighted by molar-refractivity contribution is 0.816. The molecule has 0 aliphatic rings. The summed E-state index contributed by atoms with van der Waals surface area (Å²) in [4.78, 5) is 4.46. The van der Waals surface area contributed by atoms with Gasteiger partial charge in [-0.25, -0.2) is 4.98 Å². The number of halogens is 1. The minimum Gasteiger partial charge on any atom is -0.322 e. The summed E-state index contributed by atoms with van der Waals surface area (Å²) in [7, 11) is 1.96. The van der Waals surface area contributed by atoms with E-state index in [1.165, 1.54) is 11.8 Å². The molecule has 76 valence electrons. The third-order valence-electron chi connectivity index (χ3n) is 2.07. The van der Waals surface area contributed by atoms with Crippen molar-refractivity contribution in [2.45, 2.75) is 5.16 Å². The Hall–Kier alpha value is -0.990. The van der Waals surface area contributed by atoms with Crippen molar-refractivity contribution in [2.75, 3.05) is 5.75 Å². The number of benzene rings is 1. The molecule has 0 unspecified atom stereocenters. The number of aryl methyl sites for hydroxylation is 1. The maximum Gasteiger partial charge on any atom is 0.169 e. The van der Waals surface area contributed by atoms with E-state index in [1.807, 2.05) is 29.8 Å². The Balaban J connectivity index is 2.50. The zero-order chi connectivity index (χ0) is 10.8. The van der Waals surface area contributed by atoms with E-state index in [4.69, 9.17) is 5.26 Å². The lowest BCUT2D eigenvalue weighted by Crippen LogP contribution is -1.90. The van der Waals surface area contributed by atoms with Crippen LogP contribution in [0.15, 0.2) is 27.8 Å². The van der Waals surface area contributed by atoms with Gasteiger partial charge in [0.25, 0.3) is 0 Å². The molecule has 1 aromatic heterocycles. The molecule has 0 aliphatic carbocycles. The first-order chi connectivity index (χ1) is 7.22. The number of rotatable bonds is 2. The van der Waals surface area contributed by atoms with Crippen molar-refractivity contribution in [1.29, 1.82) is 5.26 Å². The number of hydrogen-bond donors (Lipinski definition) is 0. The quantitative estimate of drug-likeness (QED) is 0.795. The van der Waals surface area contributed by atoms with Gasteiger partial charge in [-0.1, -0.05) is 27.7 Å². The minimum atomic E-state index is 0.429. The van der Waals surface area contributed by atoms with Crippen LogP contribution in [-0.2, 0) is 7.05 Å². The fourth-order valence-corrected chi connectivity index (χ4v) is 2.37. The summed E-state index contributed by atoms with van der Waals surface area (Å²) in [6.07, 6.45) is 0. The molecule has 0 aliphatic heterocycles. The molecule has 0 radical (unpaired) electrons. The minimum absolute atomic E-state index is 0.429. The van der Waals surface area contributed by atoms with Crippen LogP contribution in [0.3, 0.4) is 0 Å². The Morgan fingerprint density at radius 3 is 3.13 bits per heavy atom. The molecule has 5 heteroatoms. The van der Waals surface area contributed by atoms with E-state index in [-0.39, 0.29) is 0 Å².